The fourth-order valence-electron chi connectivity index (χ4n) is 1.38. The quantitative estimate of drug-likeness (QED) is 0.742. The van der Waals surface area contributed by atoms with Crippen molar-refractivity contribution >= 4 is 5.97 Å². The van der Waals surface area contributed by atoms with Crippen molar-refractivity contribution in [3.8, 4) is 0 Å². The fourth-order valence-corrected chi connectivity index (χ4v) is 1.38. The van der Waals surface area contributed by atoms with Crippen LogP contribution in [0.5, 0.6) is 0 Å². The van der Waals surface area contributed by atoms with E-state index in [1.54, 1.807) is 0 Å². The number of hydrogen-bond acceptors (Lipinski definition) is 3. The Morgan fingerprint density at radius 1 is 1.53 bits per heavy atom. The third-order valence-electron chi connectivity index (χ3n) is 2.19. The fraction of sp³-hybridized carbons (Fsp3) is 0.364. The number of ether oxygens (including phenoxy) is 1. The van der Waals surface area contributed by atoms with Gasteiger partial charge in [-0.3, -0.25) is 10.1 Å². The summed E-state index contributed by atoms with van der Waals surface area (Å²) in [4.78, 5) is 11.0. The van der Waals surface area contributed by atoms with Gasteiger partial charge in [-0.1, -0.05) is 12.1 Å². The molecule has 1 rings (SSSR count). The van der Waals surface area contributed by atoms with Gasteiger partial charge in [0, 0.05) is 19.2 Å². The van der Waals surface area contributed by atoms with Gasteiger partial charge in [0.25, 0.3) is 0 Å². The highest BCUT2D eigenvalue weighted by atomic mass is 19.2. The third-order valence-corrected chi connectivity index (χ3v) is 2.19. The number of benzene rings is 1. The molecule has 0 heterocycles. The minimum atomic E-state index is -1.29. The van der Waals surface area contributed by atoms with E-state index in [4.69, 9.17) is 9.84 Å². The average molecular weight is 245 g/mol. The Balaban J connectivity index is 2.90. The van der Waals surface area contributed by atoms with Crippen LogP contribution in [0.4, 0.5) is 8.78 Å². The number of methoxy groups -OCH3 is 1. The van der Waals surface area contributed by atoms with Crippen molar-refractivity contribution in [1.82, 2.24) is 5.32 Å². The number of carboxylic acid groups (broad SMARTS) is 1. The van der Waals surface area contributed by atoms with Crippen molar-refractivity contribution in [3.05, 3.63) is 35.4 Å². The molecule has 0 saturated heterocycles. The lowest BCUT2D eigenvalue weighted by molar-refractivity contribution is -0.139. The summed E-state index contributed by atoms with van der Waals surface area (Å²) in [5.74, 6) is -3.49. The van der Waals surface area contributed by atoms with Gasteiger partial charge >= 0.3 is 5.97 Å². The maximum absolute atomic E-state index is 13.4. The number of halogens is 2. The van der Waals surface area contributed by atoms with Crippen LogP contribution in [0.2, 0.25) is 0 Å². The zero-order valence-electron chi connectivity index (χ0n) is 9.24. The summed E-state index contributed by atoms with van der Waals surface area (Å²) in [7, 11) is 1.46. The van der Waals surface area contributed by atoms with E-state index >= 15 is 0 Å². The van der Waals surface area contributed by atoms with Crippen LogP contribution in [0, 0.1) is 11.6 Å². The Hall–Kier alpha value is -1.53. The lowest BCUT2D eigenvalue weighted by Crippen LogP contribution is -2.31. The minimum Gasteiger partial charge on any atom is -0.480 e. The zero-order chi connectivity index (χ0) is 12.8. The maximum Gasteiger partial charge on any atom is 0.325 e. The van der Waals surface area contributed by atoms with Crippen molar-refractivity contribution in [1.29, 1.82) is 0 Å². The molecule has 94 valence electrons. The van der Waals surface area contributed by atoms with E-state index in [1.807, 2.05) is 0 Å². The van der Waals surface area contributed by atoms with E-state index in [-0.39, 0.29) is 18.7 Å². The van der Waals surface area contributed by atoms with Crippen molar-refractivity contribution in [2.75, 3.05) is 20.3 Å². The molecule has 17 heavy (non-hydrogen) atoms. The molecule has 0 aromatic heterocycles. The van der Waals surface area contributed by atoms with Crippen molar-refractivity contribution in [2.45, 2.75) is 6.04 Å². The van der Waals surface area contributed by atoms with E-state index in [2.05, 4.69) is 5.32 Å². The number of carboxylic acids is 1. The predicted molar refractivity (Wildman–Crippen MR) is 56.6 cm³/mol. The number of nitrogens with one attached hydrogen (secondary N) is 1. The van der Waals surface area contributed by atoms with Crippen LogP contribution in [-0.2, 0) is 9.53 Å². The van der Waals surface area contributed by atoms with Crippen LogP contribution in [0.1, 0.15) is 11.6 Å². The van der Waals surface area contributed by atoms with Gasteiger partial charge in [0.05, 0.1) is 6.61 Å². The number of aliphatic carboxylic acids is 1. The molecule has 0 radical (unpaired) electrons. The lowest BCUT2D eigenvalue weighted by atomic mass is 10.1. The molecule has 6 heteroatoms. The van der Waals surface area contributed by atoms with Crippen LogP contribution in [-0.4, -0.2) is 31.3 Å². The molecular weight excluding hydrogens is 232 g/mol. The molecule has 0 aliphatic heterocycles. The molecule has 1 atom stereocenters. The average Bonchev–Trinajstić information content (AvgIpc) is 2.29. The Morgan fingerprint density at radius 2 is 2.24 bits per heavy atom. The topological polar surface area (TPSA) is 58.6 Å². The van der Waals surface area contributed by atoms with Gasteiger partial charge in [-0.15, -0.1) is 0 Å². The second-order valence-corrected chi connectivity index (χ2v) is 3.36. The highest BCUT2D eigenvalue weighted by Crippen LogP contribution is 2.19. The van der Waals surface area contributed by atoms with E-state index in [1.165, 1.54) is 19.2 Å². The smallest absolute Gasteiger partial charge is 0.325 e. The monoisotopic (exact) mass is 245 g/mol. The van der Waals surface area contributed by atoms with E-state index < -0.39 is 23.6 Å². The summed E-state index contributed by atoms with van der Waals surface area (Å²) >= 11 is 0. The number of rotatable bonds is 6. The van der Waals surface area contributed by atoms with E-state index in [0.29, 0.717) is 0 Å². The second kappa shape index (κ2) is 6.27. The Kier molecular flexibility index (Phi) is 4.99. The summed E-state index contributed by atoms with van der Waals surface area (Å²) < 4.78 is 31.1. The molecule has 0 fully saturated rings. The highest BCUT2D eigenvalue weighted by molar-refractivity contribution is 5.75. The summed E-state index contributed by atoms with van der Waals surface area (Å²) in [6.07, 6.45) is 0. The summed E-state index contributed by atoms with van der Waals surface area (Å²) in [6.45, 7) is 0.504. The molecule has 0 bridgehead atoms. The molecule has 0 aliphatic carbocycles. The normalized spacial score (nSPS) is 12.4. The largest absolute Gasteiger partial charge is 0.480 e. The molecule has 4 nitrogen and oxygen atoms in total. The van der Waals surface area contributed by atoms with Gasteiger partial charge in [0.2, 0.25) is 0 Å². The van der Waals surface area contributed by atoms with Gasteiger partial charge in [0.1, 0.15) is 6.04 Å². The standard InChI is InChI=1S/C11H13F2NO3/c1-17-6-5-14-10(11(15)16)7-3-2-4-8(12)9(7)13/h2-4,10,14H,5-6H2,1H3,(H,15,16). The van der Waals surface area contributed by atoms with Crippen LogP contribution < -0.4 is 5.32 Å². The number of carbonyl (C=O) groups is 1. The first-order chi connectivity index (χ1) is 8.07. The molecule has 0 aliphatic rings. The van der Waals surface area contributed by atoms with Crippen molar-refractivity contribution in [3.63, 3.8) is 0 Å². The first kappa shape index (κ1) is 13.5. The van der Waals surface area contributed by atoms with Gasteiger partial charge in [-0.2, -0.15) is 0 Å². The maximum atomic E-state index is 13.4. The zero-order valence-corrected chi connectivity index (χ0v) is 9.24. The summed E-state index contributed by atoms with van der Waals surface area (Å²) in [5.41, 5.74) is -0.228. The van der Waals surface area contributed by atoms with Gasteiger partial charge < -0.3 is 9.84 Å². The summed E-state index contributed by atoms with van der Waals surface area (Å²) in [5, 5.41) is 11.5. The van der Waals surface area contributed by atoms with Crippen molar-refractivity contribution in [2.24, 2.45) is 0 Å². The van der Waals surface area contributed by atoms with Crippen molar-refractivity contribution < 1.29 is 23.4 Å². The summed E-state index contributed by atoms with van der Waals surface area (Å²) in [6, 6.07) is 2.15. The van der Waals surface area contributed by atoms with Crippen LogP contribution in [0.15, 0.2) is 18.2 Å². The Labute approximate surface area is 97.2 Å². The SMILES string of the molecule is COCCNC(C(=O)O)c1cccc(F)c1F. The molecule has 0 spiro atoms. The molecule has 0 amide bonds. The molecule has 1 aromatic carbocycles. The van der Waals surface area contributed by atoms with Crippen LogP contribution in [0.3, 0.4) is 0 Å². The predicted octanol–water partition coefficient (Wildman–Crippen LogP) is 1.33. The van der Waals surface area contributed by atoms with Gasteiger partial charge in [0.15, 0.2) is 11.6 Å². The minimum absolute atomic E-state index is 0.226. The lowest BCUT2D eigenvalue weighted by Gasteiger charge is -2.15. The molecular formula is C11H13F2NO3. The first-order valence-corrected chi connectivity index (χ1v) is 4.97. The van der Waals surface area contributed by atoms with E-state index in [9.17, 15) is 13.6 Å². The number of hydrogen-bond donors (Lipinski definition) is 2. The van der Waals surface area contributed by atoms with E-state index in [0.717, 1.165) is 6.07 Å². The Bertz CT molecular complexity index is 398. The molecule has 1 unspecified atom stereocenters. The Morgan fingerprint density at radius 3 is 2.82 bits per heavy atom. The third kappa shape index (κ3) is 3.47. The van der Waals surface area contributed by atoms with Gasteiger partial charge in [-0.25, -0.2) is 8.78 Å². The first-order valence-electron chi connectivity index (χ1n) is 4.97. The molecule has 0 saturated carbocycles. The second-order valence-electron chi connectivity index (χ2n) is 3.36. The molecule has 2 N–H and O–H groups in total. The molecule has 1 aromatic rings. The van der Waals surface area contributed by atoms with Crippen LogP contribution in [0.25, 0.3) is 0 Å². The highest BCUT2D eigenvalue weighted by Gasteiger charge is 2.23. The van der Waals surface area contributed by atoms with Crippen LogP contribution >= 0.6 is 0 Å². The van der Waals surface area contributed by atoms with Gasteiger partial charge in [-0.05, 0) is 6.07 Å².